The maximum absolute atomic E-state index is 10.3. The number of nitriles is 1. The summed E-state index contributed by atoms with van der Waals surface area (Å²) in [6, 6.07) is 7.91. The topological polar surface area (TPSA) is 66.9 Å². The van der Waals surface area contributed by atoms with Crippen molar-refractivity contribution in [2.24, 2.45) is 0 Å². The van der Waals surface area contributed by atoms with Crippen molar-refractivity contribution in [3.05, 3.63) is 46.0 Å². The van der Waals surface area contributed by atoms with Crippen LogP contribution in [0.15, 0.2) is 30.3 Å². The lowest BCUT2D eigenvalue weighted by molar-refractivity contribution is -0.384. The third-order valence-corrected chi connectivity index (χ3v) is 1.43. The Labute approximate surface area is 74.9 Å². The molecule has 0 heterocycles. The first-order valence-electron chi connectivity index (χ1n) is 3.54. The highest BCUT2D eigenvalue weighted by atomic mass is 16.6. The summed E-state index contributed by atoms with van der Waals surface area (Å²) in [5.74, 6) is 0. The Balaban J connectivity index is 3.00. The smallest absolute Gasteiger partial charge is 0.258 e. The van der Waals surface area contributed by atoms with Crippen LogP contribution in [0.4, 0.5) is 5.69 Å². The average molecular weight is 174 g/mol. The van der Waals surface area contributed by atoms with E-state index in [0.717, 1.165) is 0 Å². The molecule has 0 unspecified atom stereocenters. The van der Waals surface area contributed by atoms with Crippen LogP contribution in [0.25, 0.3) is 6.08 Å². The minimum Gasteiger partial charge on any atom is -0.258 e. The molecular formula is C9H6N2O2. The maximum Gasteiger partial charge on any atom is 0.270 e. The zero-order chi connectivity index (χ0) is 9.68. The molecule has 1 aromatic carbocycles. The van der Waals surface area contributed by atoms with Crippen LogP contribution < -0.4 is 0 Å². The number of nitro benzene ring substituents is 1. The summed E-state index contributed by atoms with van der Waals surface area (Å²) in [5.41, 5.74) is 0.677. The van der Waals surface area contributed by atoms with Gasteiger partial charge in [0.15, 0.2) is 0 Å². The van der Waals surface area contributed by atoms with Crippen LogP contribution in [0.3, 0.4) is 0 Å². The van der Waals surface area contributed by atoms with Crippen LogP contribution in [-0.4, -0.2) is 4.92 Å². The zero-order valence-electron chi connectivity index (χ0n) is 6.68. The molecule has 4 heteroatoms. The van der Waals surface area contributed by atoms with Crippen molar-refractivity contribution in [1.82, 2.24) is 0 Å². The SMILES string of the molecule is N#C/C=C\c1cccc([N+](=O)[O-])c1. The molecule has 0 bridgehead atoms. The largest absolute Gasteiger partial charge is 0.270 e. The van der Waals surface area contributed by atoms with E-state index in [9.17, 15) is 10.1 Å². The van der Waals surface area contributed by atoms with Crippen molar-refractivity contribution in [3.8, 4) is 6.07 Å². The van der Waals surface area contributed by atoms with Gasteiger partial charge in [-0.05, 0) is 11.6 Å². The zero-order valence-corrected chi connectivity index (χ0v) is 6.68. The molecule has 0 saturated carbocycles. The van der Waals surface area contributed by atoms with Gasteiger partial charge in [0, 0.05) is 18.2 Å². The lowest BCUT2D eigenvalue weighted by Gasteiger charge is -1.92. The van der Waals surface area contributed by atoms with Crippen molar-refractivity contribution in [2.45, 2.75) is 0 Å². The van der Waals surface area contributed by atoms with Gasteiger partial charge >= 0.3 is 0 Å². The van der Waals surface area contributed by atoms with Crippen LogP contribution in [0.2, 0.25) is 0 Å². The summed E-state index contributed by atoms with van der Waals surface area (Å²) in [6.45, 7) is 0. The number of hydrogen-bond donors (Lipinski definition) is 0. The van der Waals surface area contributed by atoms with E-state index in [2.05, 4.69) is 0 Å². The minimum atomic E-state index is -0.469. The molecule has 0 aliphatic heterocycles. The summed E-state index contributed by atoms with van der Waals surface area (Å²) in [6.07, 6.45) is 2.80. The molecule has 0 radical (unpaired) electrons. The number of benzene rings is 1. The number of allylic oxidation sites excluding steroid dienone is 1. The first-order chi connectivity index (χ1) is 6.24. The summed E-state index contributed by atoms with van der Waals surface area (Å²) in [4.78, 5) is 9.87. The van der Waals surface area contributed by atoms with E-state index >= 15 is 0 Å². The van der Waals surface area contributed by atoms with E-state index in [1.807, 2.05) is 6.07 Å². The second kappa shape index (κ2) is 4.02. The van der Waals surface area contributed by atoms with Crippen LogP contribution in [0.5, 0.6) is 0 Å². The van der Waals surface area contributed by atoms with Crippen molar-refractivity contribution in [1.29, 1.82) is 5.26 Å². The van der Waals surface area contributed by atoms with Crippen molar-refractivity contribution in [3.63, 3.8) is 0 Å². The predicted octanol–water partition coefficient (Wildman–Crippen LogP) is 2.13. The molecule has 0 spiro atoms. The van der Waals surface area contributed by atoms with E-state index in [4.69, 9.17) is 5.26 Å². The molecule has 0 aliphatic carbocycles. The van der Waals surface area contributed by atoms with Gasteiger partial charge in [0.2, 0.25) is 0 Å². The van der Waals surface area contributed by atoms with E-state index < -0.39 is 4.92 Å². The van der Waals surface area contributed by atoms with Gasteiger partial charge in [0.05, 0.1) is 11.0 Å². The molecule has 13 heavy (non-hydrogen) atoms. The lowest BCUT2D eigenvalue weighted by atomic mass is 10.2. The van der Waals surface area contributed by atoms with E-state index in [1.54, 1.807) is 12.1 Å². The normalized spacial score (nSPS) is 9.77. The summed E-state index contributed by atoms with van der Waals surface area (Å²) in [7, 11) is 0. The van der Waals surface area contributed by atoms with Gasteiger partial charge in [-0.1, -0.05) is 12.1 Å². The fraction of sp³-hybridized carbons (Fsp3) is 0. The fourth-order valence-electron chi connectivity index (χ4n) is 0.876. The van der Waals surface area contributed by atoms with Crippen molar-refractivity contribution < 1.29 is 4.92 Å². The number of nitro groups is 1. The average Bonchev–Trinajstić information content (AvgIpc) is 2.15. The Morgan fingerprint density at radius 2 is 2.31 bits per heavy atom. The van der Waals surface area contributed by atoms with Crippen LogP contribution in [0.1, 0.15) is 5.56 Å². The lowest BCUT2D eigenvalue weighted by Crippen LogP contribution is -1.87. The Bertz CT molecular complexity index is 391. The van der Waals surface area contributed by atoms with Crippen molar-refractivity contribution in [2.75, 3.05) is 0 Å². The molecule has 4 nitrogen and oxygen atoms in total. The Morgan fingerprint density at radius 1 is 1.54 bits per heavy atom. The molecule has 0 aromatic heterocycles. The number of hydrogen-bond acceptors (Lipinski definition) is 3. The number of nitrogens with zero attached hydrogens (tertiary/aromatic N) is 2. The monoisotopic (exact) mass is 174 g/mol. The Kier molecular flexibility index (Phi) is 2.77. The maximum atomic E-state index is 10.3. The molecule has 1 aromatic rings. The van der Waals surface area contributed by atoms with E-state index in [-0.39, 0.29) is 5.69 Å². The molecule has 0 aliphatic rings. The highest BCUT2D eigenvalue weighted by molar-refractivity contribution is 5.55. The Hall–Kier alpha value is -2.15. The molecule has 0 saturated heterocycles. The Morgan fingerprint density at radius 3 is 2.92 bits per heavy atom. The predicted molar refractivity (Wildman–Crippen MR) is 47.7 cm³/mol. The van der Waals surface area contributed by atoms with Crippen molar-refractivity contribution >= 4 is 11.8 Å². The second-order valence-corrected chi connectivity index (χ2v) is 2.31. The molecule has 0 N–H and O–H groups in total. The molecule has 0 amide bonds. The van der Waals surface area contributed by atoms with Crippen LogP contribution in [0, 0.1) is 21.4 Å². The first kappa shape index (κ1) is 8.94. The number of rotatable bonds is 2. The van der Waals surface area contributed by atoms with Gasteiger partial charge in [-0.25, -0.2) is 0 Å². The second-order valence-electron chi connectivity index (χ2n) is 2.31. The van der Waals surface area contributed by atoms with Gasteiger partial charge in [-0.15, -0.1) is 0 Å². The molecule has 1 rings (SSSR count). The minimum absolute atomic E-state index is 0.0279. The van der Waals surface area contributed by atoms with E-state index in [1.165, 1.54) is 24.3 Å². The third kappa shape index (κ3) is 2.42. The summed E-state index contributed by atoms with van der Waals surface area (Å²) < 4.78 is 0. The molecule has 0 atom stereocenters. The number of non-ortho nitro benzene ring substituents is 1. The molecule has 64 valence electrons. The van der Waals surface area contributed by atoms with Crippen LogP contribution >= 0.6 is 0 Å². The van der Waals surface area contributed by atoms with Gasteiger partial charge in [-0.3, -0.25) is 10.1 Å². The van der Waals surface area contributed by atoms with Gasteiger partial charge in [-0.2, -0.15) is 5.26 Å². The van der Waals surface area contributed by atoms with Crippen LogP contribution in [-0.2, 0) is 0 Å². The quantitative estimate of drug-likeness (QED) is 0.392. The molecule has 0 fully saturated rings. The van der Waals surface area contributed by atoms with Gasteiger partial charge in [0.25, 0.3) is 5.69 Å². The molecular weight excluding hydrogens is 168 g/mol. The standard InChI is InChI=1S/C9H6N2O2/c10-6-2-4-8-3-1-5-9(7-8)11(12)13/h1-5,7H/b4-2-. The fourth-order valence-corrected chi connectivity index (χ4v) is 0.876. The third-order valence-electron chi connectivity index (χ3n) is 1.43. The van der Waals surface area contributed by atoms with Gasteiger partial charge in [0.1, 0.15) is 0 Å². The van der Waals surface area contributed by atoms with E-state index in [0.29, 0.717) is 5.56 Å². The highest BCUT2D eigenvalue weighted by Gasteiger charge is 2.02. The highest BCUT2D eigenvalue weighted by Crippen LogP contribution is 2.13. The van der Waals surface area contributed by atoms with Gasteiger partial charge < -0.3 is 0 Å². The first-order valence-corrected chi connectivity index (χ1v) is 3.54. The summed E-state index contributed by atoms with van der Waals surface area (Å²) >= 11 is 0. The summed E-state index contributed by atoms with van der Waals surface area (Å²) in [5, 5.41) is 18.6.